The number of carbonyl (C=O) groups is 2. The van der Waals surface area contributed by atoms with E-state index in [0.29, 0.717) is 17.3 Å². The maximum Gasteiger partial charge on any atom is 0.264 e. The third-order valence-corrected chi connectivity index (χ3v) is 9.14. The Balaban J connectivity index is 1.78. The lowest BCUT2D eigenvalue weighted by molar-refractivity contribution is -0.140. The minimum atomic E-state index is -4.18. The molecule has 0 fully saturated rings. The fraction of sp³-hybridized carbons (Fsp3) is 0.235. The number of amides is 2. The standard InChI is InChI=1S/C34H36ClN3O4S/c1-4-36-34(40)32(22-27-8-6-5-7-9-27)37(23-28-14-10-25(2)11-15-28)33(39)24-38(30-18-12-26(3)13-19-30)43(41,42)31-20-16-29(35)17-21-31/h5-21,32H,4,22-24H2,1-3H3,(H,36,40)/t32-/m0/s1. The molecule has 0 aliphatic carbocycles. The van der Waals surface area contributed by atoms with E-state index in [1.165, 1.54) is 29.2 Å². The van der Waals surface area contributed by atoms with Crippen LogP contribution in [0.15, 0.2) is 108 Å². The number of aryl methyl sites for hydroxylation is 2. The van der Waals surface area contributed by atoms with Gasteiger partial charge in [0.2, 0.25) is 11.8 Å². The van der Waals surface area contributed by atoms with Crippen LogP contribution in [0, 0.1) is 13.8 Å². The van der Waals surface area contributed by atoms with E-state index in [0.717, 1.165) is 26.6 Å². The Kier molecular flexibility index (Phi) is 10.6. The molecule has 0 heterocycles. The number of likely N-dealkylation sites (N-methyl/N-ethyl adjacent to an activating group) is 1. The quantitative estimate of drug-likeness (QED) is 0.214. The third kappa shape index (κ3) is 8.24. The largest absolute Gasteiger partial charge is 0.355 e. The third-order valence-electron chi connectivity index (χ3n) is 7.10. The van der Waals surface area contributed by atoms with E-state index in [4.69, 9.17) is 11.6 Å². The second-order valence-corrected chi connectivity index (χ2v) is 12.7. The van der Waals surface area contributed by atoms with Gasteiger partial charge in [0.05, 0.1) is 10.6 Å². The Morgan fingerprint density at radius 1 is 0.791 bits per heavy atom. The topological polar surface area (TPSA) is 86.8 Å². The van der Waals surface area contributed by atoms with Crippen LogP contribution in [0.3, 0.4) is 0 Å². The van der Waals surface area contributed by atoms with Crippen molar-refractivity contribution in [2.75, 3.05) is 17.4 Å². The summed E-state index contributed by atoms with van der Waals surface area (Å²) in [6.45, 7) is 5.69. The fourth-order valence-electron chi connectivity index (χ4n) is 4.71. The molecule has 0 unspecified atom stereocenters. The van der Waals surface area contributed by atoms with E-state index < -0.39 is 28.5 Å². The average Bonchev–Trinajstić information content (AvgIpc) is 3.00. The molecular formula is C34H36ClN3O4S. The first-order valence-electron chi connectivity index (χ1n) is 14.1. The number of nitrogens with one attached hydrogen (secondary N) is 1. The second kappa shape index (κ2) is 14.4. The average molecular weight is 618 g/mol. The number of hydrogen-bond acceptors (Lipinski definition) is 4. The van der Waals surface area contributed by atoms with Crippen molar-refractivity contribution in [3.05, 3.63) is 130 Å². The normalized spacial score (nSPS) is 11.9. The summed E-state index contributed by atoms with van der Waals surface area (Å²) < 4.78 is 29.1. The number of nitrogens with zero attached hydrogens (tertiary/aromatic N) is 2. The molecule has 0 radical (unpaired) electrons. The van der Waals surface area contributed by atoms with Crippen molar-refractivity contribution in [1.82, 2.24) is 10.2 Å². The maximum atomic E-state index is 14.4. The van der Waals surface area contributed by atoms with Crippen molar-refractivity contribution in [2.24, 2.45) is 0 Å². The first-order valence-corrected chi connectivity index (χ1v) is 15.9. The van der Waals surface area contributed by atoms with E-state index in [-0.39, 0.29) is 23.8 Å². The molecule has 0 aliphatic heterocycles. The van der Waals surface area contributed by atoms with Gasteiger partial charge in [-0.2, -0.15) is 0 Å². The van der Waals surface area contributed by atoms with Crippen LogP contribution in [-0.2, 0) is 32.6 Å². The number of benzene rings is 4. The summed E-state index contributed by atoms with van der Waals surface area (Å²) in [5.41, 5.74) is 4.04. The van der Waals surface area contributed by atoms with Gasteiger partial charge < -0.3 is 10.2 Å². The van der Waals surface area contributed by atoms with Crippen molar-refractivity contribution >= 4 is 39.1 Å². The van der Waals surface area contributed by atoms with Gasteiger partial charge in [0, 0.05) is 24.5 Å². The Bertz CT molecular complexity index is 1630. The van der Waals surface area contributed by atoms with E-state index in [1.807, 2.05) is 75.4 Å². The van der Waals surface area contributed by atoms with Crippen molar-refractivity contribution in [3.8, 4) is 0 Å². The SMILES string of the molecule is CCNC(=O)[C@H](Cc1ccccc1)N(Cc1ccc(C)cc1)C(=O)CN(c1ccc(C)cc1)S(=O)(=O)c1ccc(Cl)cc1. The van der Waals surface area contributed by atoms with Crippen molar-refractivity contribution in [1.29, 1.82) is 0 Å². The van der Waals surface area contributed by atoms with Gasteiger partial charge in [-0.25, -0.2) is 8.42 Å². The maximum absolute atomic E-state index is 14.4. The molecule has 4 rings (SSSR count). The fourth-order valence-corrected chi connectivity index (χ4v) is 6.25. The lowest BCUT2D eigenvalue weighted by atomic mass is 10.0. The lowest BCUT2D eigenvalue weighted by Gasteiger charge is -2.34. The van der Waals surface area contributed by atoms with Gasteiger partial charge in [-0.3, -0.25) is 13.9 Å². The molecule has 9 heteroatoms. The molecule has 0 saturated heterocycles. The van der Waals surface area contributed by atoms with Crippen molar-refractivity contribution in [3.63, 3.8) is 0 Å². The molecule has 1 atom stereocenters. The van der Waals surface area contributed by atoms with Crippen LogP contribution < -0.4 is 9.62 Å². The monoisotopic (exact) mass is 617 g/mol. The van der Waals surface area contributed by atoms with Gasteiger partial charge in [0.15, 0.2) is 0 Å². The Hall–Kier alpha value is -4.14. The van der Waals surface area contributed by atoms with Gasteiger partial charge in [-0.1, -0.05) is 89.5 Å². The highest BCUT2D eigenvalue weighted by Crippen LogP contribution is 2.26. The molecule has 0 aliphatic rings. The molecule has 0 spiro atoms. The highest BCUT2D eigenvalue weighted by Gasteiger charge is 2.34. The number of carbonyl (C=O) groups excluding carboxylic acids is 2. The number of halogens is 1. The van der Waals surface area contributed by atoms with E-state index in [9.17, 15) is 18.0 Å². The van der Waals surface area contributed by atoms with Crippen molar-refractivity contribution < 1.29 is 18.0 Å². The molecule has 43 heavy (non-hydrogen) atoms. The zero-order chi connectivity index (χ0) is 31.0. The molecule has 2 amide bonds. The molecule has 224 valence electrons. The Morgan fingerprint density at radius 3 is 1.95 bits per heavy atom. The summed E-state index contributed by atoms with van der Waals surface area (Å²) >= 11 is 6.04. The number of anilines is 1. The Labute approximate surface area is 259 Å². The van der Waals surface area contributed by atoms with Gasteiger partial charge in [0.1, 0.15) is 12.6 Å². The number of rotatable bonds is 12. The van der Waals surface area contributed by atoms with Gasteiger partial charge in [0.25, 0.3) is 10.0 Å². The van der Waals surface area contributed by atoms with Crippen LogP contribution in [0.4, 0.5) is 5.69 Å². The number of sulfonamides is 1. The van der Waals surface area contributed by atoms with Crippen LogP contribution >= 0.6 is 11.6 Å². The summed E-state index contributed by atoms with van der Waals surface area (Å²) in [4.78, 5) is 29.4. The second-order valence-electron chi connectivity index (χ2n) is 10.4. The van der Waals surface area contributed by atoms with E-state index in [1.54, 1.807) is 24.3 Å². The minimum Gasteiger partial charge on any atom is -0.355 e. The van der Waals surface area contributed by atoms with Crippen LogP contribution in [0.1, 0.15) is 29.2 Å². The van der Waals surface area contributed by atoms with Crippen LogP contribution in [0.5, 0.6) is 0 Å². The minimum absolute atomic E-state index is 0.0000730. The lowest BCUT2D eigenvalue weighted by Crippen LogP contribution is -2.53. The highest BCUT2D eigenvalue weighted by atomic mass is 35.5. The summed E-state index contributed by atoms with van der Waals surface area (Å²) in [5, 5.41) is 3.27. The van der Waals surface area contributed by atoms with E-state index in [2.05, 4.69) is 5.32 Å². The molecule has 4 aromatic carbocycles. The Morgan fingerprint density at radius 2 is 1.37 bits per heavy atom. The van der Waals surface area contributed by atoms with Crippen molar-refractivity contribution in [2.45, 2.75) is 44.7 Å². The molecule has 7 nitrogen and oxygen atoms in total. The van der Waals surface area contributed by atoms with Gasteiger partial charge >= 0.3 is 0 Å². The smallest absolute Gasteiger partial charge is 0.264 e. The van der Waals surface area contributed by atoms with Gasteiger partial charge in [-0.15, -0.1) is 0 Å². The first kappa shape index (κ1) is 31.8. The first-order chi connectivity index (χ1) is 20.6. The summed E-state index contributed by atoms with van der Waals surface area (Å²) in [5.74, 6) is -0.819. The van der Waals surface area contributed by atoms with Crippen LogP contribution in [-0.4, -0.2) is 44.3 Å². The summed E-state index contributed by atoms with van der Waals surface area (Å²) in [6.07, 6.45) is 0.263. The zero-order valence-electron chi connectivity index (χ0n) is 24.5. The molecule has 0 aromatic heterocycles. The predicted molar refractivity (Wildman–Crippen MR) is 172 cm³/mol. The molecule has 1 N–H and O–H groups in total. The van der Waals surface area contributed by atoms with Crippen LogP contribution in [0.2, 0.25) is 5.02 Å². The highest BCUT2D eigenvalue weighted by molar-refractivity contribution is 7.92. The molecular weight excluding hydrogens is 582 g/mol. The predicted octanol–water partition coefficient (Wildman–Crippen LogP) is 5.93. The number of hydrogen-bond donors (Lipinski definition) is 1. The van der Waals surface area contributed by atoms with Crippen LogP contribution in [0.25, 0.3) is 0 Å². The zero-order valence-corrected chi connectivity index (χ0v) is 26.1. The molecule has 0 saturated carbocycles. The van der Waals surface area contributed by atoms with E-state index >= 15 is 0 Å². The van der Waals surface area contributed by atoms with Gasteiger partial charge in [-0.05, 0) is 68.3 Å². The summed E-state index contributed by atoms with van der Waals surface area (Å²) in [6, 6.07) is 29.1. The summed E-state index contributed by atoms with van der Waals surface area (Å²) in [7, 11) is -4.18. The molecule has 0 bridgehead atoms. The molecule has 4 aromatic rings.